The molecule has 1 heteroatoms. The average molecular weight is 178 g/mol. The number of nitrogens with zero attached hydrogens (tertiary/aromatic N) is 1. The van der Waals surface area contributed by atoms with Gasteiger partial charge in [0.2, 0.25) is 0 Å². The molecule has 14 heavy (non-hydrogen) atoms. The van der Waals surface area contributed by atoms with E-state index >= 15 is 0 Å². The fourth-order valence-electron chi connectivity index (χ4n) is 1.76. The minimum atomic E-state index is 1.06. The Morgan fingerprint density at radius 2 is 1.93 bits per heavy atom. The van der Waals surface area contributed by atoms with E-state index in [-0.39, 0.29) is 0 Å². The van der Waals surface area contributed by atoms with Crippen molar-refractivity contribution < 1.29 is 0 Å². The van der Waals surface area contributed by atoms with Crippen LogP contribution in [-0.4, -0.2) is 6.21 Å². The first-order valence-electron chi connectivity index (χ1n) is 4.59. The summed E-state index contributed by atoms with van der Waals surface area (Å²) >= 11 is 0. The highest BCUT2D eigenvalue weighted by atomic mass is 14.7. The highest BCUT2D eigenvalue weighted by molar-refractivity contribution is 6.00. The lowest BCUT2D eigenvalue weighted by atomic mass is 10.0. The highest BCUT2D eigenvalue weighted by Crippen LogP contribution is 2.31. The van der Waals surface area contributed by atoms with Crippen molar-refractivity contribution >= 4 is 28.8 Å². The Hall–Kier alpha value is -1.98. The van der Waals surface area contributed by atoms with E-state index in [1.807, 2.05) is 18.2 Å². The molecule has 3 rings (SSSR count). The van der Waals surface area contributed by atoms with Gasteiger partial charge in [0.05, 0.1) is 0 Å². The van der Waals surface area contributed by atoms with Gasteiger partial charge in [-0.3, -0.25) is 0 Å². The average Bonchev–Trinajstić information content (AvgIpc) is 2.29. The van der Waals surface area contributed by atoms with Crippen LogP contribution in [0.4, 0.5) is 5.69 Å². The SMILES string of the molecule is [C+]1=Cc2ccc3ccccc3c2N=C1. The monoisotopic (exact) mass is 178 g/mol. The Morgan fingerprint density at radius 1 is 1.00 bits per heavy atom. The van der Waals surface area contributed by atoms with Gasteiger partial charge in [-0.25, -0.2) is 4.99 Å². The zero-order valence-electron chi connectivity index (χ0n) is 7.57. The molecule has 0 spiro atoms. The summed E-state index contributed by atoms with van der Waals surface area (Å²) in [5.41, 5.74) is 2.20. The minimum absolute atomic E-state index is 1.06. The summed E-state index contributed by atoms with van der Waals surface area (Å²) in [5, 5.41) is 2.44. The quantitative estimate of drug-likeness (QED) is 0.548. The topological polar surface area (TPSA) is 12.4 Å². The molecule has 0 saturated heterocycles. The summed E-state index contributed by atoms with van der Waals surface area (Å²) in [7, 11) is 0. The van der Waals surface area contributed by atoms with E-state index in [1.165, 1.54) is 10.8 Å². The van der Waals surface area contributed by atoms with E-state index in [0.717, 1.165) is 11.3 Å². The normalized spacial score (nSPS) is 12.6. The molecule has 0 saturated carbocycles. The predicted octanol–water partition coefficient (Wildman–Crippen LogP) is 3.37. The molecular weight excluding hydrogens is 170 g/mol. The first kappa shape index (κ1) is 7.43. The van der Waals surface area contributed by atoms with Gasteiger partial charge >= 0.3 is 0 Å². The molecule has 0 N–H and O–H groups in total. The highest BCUT2D eigenvalue weighted by Gasteiger charge is 2.13. The van der Waals surface area contributed by atoms with Crippen molar-refractivity contribution in [3.63, 3.8) is 0 Å². The Balaban J connectivity index is 2.47. The van der Waals surface area contributed by atoms with E-state index in [1.54, 1.807) is 6.21 Å². The number of rotatable bonds is 0. The number of allylic oxidation sites excluding steroid dienone is 1. The molecule has 0 radical (unpaired) electrons. The minimum Gasteiger partial charge on any atom is -0.203 e. The van der Waals surface area contributed by atoms with Gasteiger partial charge in [-0.2, -0.15) is 0 Å². The van der Waals surface area contributed by atoms with Crippen molar-refractivity contribution in [3.05, 3.63) is 48.0 Å². The lowest BCUT2D eigenvalue weighted by Gasteiger charge is -2.01. The van der Waals surface area contributed by atoms with Crippen molar-refractivity contribution in [2.75, 3.05) is 0 Å². The molecule has 0 fully saturated rings. The Labute approximate surface area is 82.4 Å². The standard InChI is InChI=1S/C13H8N/c1-2-6-12-10(4-1)7-8-11-5-3-9-14-13(11)12/h1-2,4-9H/q+1. The van der Waals surface area contributed by atoms with Crippen LogP contribution < -0.4 is 0 Å². The van der Waals surface area contributed by atoms with Crippen LogP contribution in [0.3, 0.4) is 0 Å². The summed E-state index contributed by atoms with van der Waals surface area (Å²) in [4.78, 5) is 4.35. The van der Waals surface area contributed by atoms with E-state index in [0.29, 0.717) is 0 Å². The van der Waals surface area contributed by atoms with Crippen LogP contribution in [0.1, 0.15) is 5.56 Å². The molecular formula is C13H8N+. The van der Waals surface area contributed by atoms with Gasteiger partial charge in [0.25, 0.3) is 0 Å². The first-order valence-corrected chi connectivity index (χ1v) is 4.59. The van der Waals surface area contributed by atoms with Crippen molar-refractivity contribution in [3.8, 4) is 0 Å². The van der Waals surface area contributed by atoms with Gasteiger partial charge in [-0.15, -0.1) is 0 Å². The van der Waals surface area contributed by atoms with Crippen LogP contribution in [-0.2, 0) is 0 Å². The van der Waals surface area contributed by atoms with Gasteiger partial charge in [-0.1, -0.05) is 24.3 Å². The second kappa shape index (κ2) is 2.76. The maximum absolute atomic E-state index is 4.35. The van der Waals surface area contributed by atoms with Gasteiger partial charge in [0.15, 0.2) is 18.0 Å². The number of hydrogen-bond donors (Lipinski definition) is 0. The van der Waals surface area contributed by atoms with E-state index in [4.69, 9.17) is 0 Å². The molecule has 2 aromatic carbocycles. The van der Waals surface area contributed by atoms with Crippen molar-refractivity contribution in [2.45, 2.75) is 0 Å². The maximum atomic E-state index is 4.35. The fraction of sp³-hybridized carbons (Fsp3) is 0. The lowest BCUT2D eigenvalue weighted by molar-refractivity contribution is 1.53. The van der Waals surface area contributed by atoms with Crippen LogP contribution in [0.15, 0.2) is 41.4 Å². The third-order valence-electron chi connectivity index (χ3n) is 2.44. The third-order valence-corrected chi connectivity index (χ3v) is 2.44. The van der Waals surface area contributed by atoms with E-state index < -0.39 is 0 Å². The Morgan fingerprint density at radius 3 is 2.93 bits per heavy atom. The van der Waals surface area contributed by atoms with Crippen LogP contribution in [0.25, 0.3) is 16.8 Å². The zero-order chi connectivity index (χ0) is 9.38. The van der Waals surface area contributed by atoms with Crippen LogP contribution >= 0.6 is 0 Å². The summed E-state index contributed by atoms with van der Waals surface area (Å²) < 4.78 is 0. The van der Waals surface area contributed by atoms with Gasteiger partial charge in [0, 0.05) is 11.5 Å². The summed E-state index contributed by atoms with van der Waals surface area (Å²) in [6, 6.07) is 12.5. The smallest absolute Gasteiger partial charge is 0.173 e. The van der Waals surface area contributed by atoms with E-state index in [9.17, 15) is 0 Å². The van der Waals surface area contributed by atoms with Gasteiger partial charge in [-0.05, 0) is 11.5 Å². The molecule has 0 unspecified atom stereocenters. The summed E-state index contributed by atoms with van der Waals surface area (Å²) in [6.45, 7) is 0. The molecule has 0 atom stereocenters. The maximum Gasteiger partial charge on any atom is 0.173 e. The van der Waals surface area contributed by atoms with Crippen LogP contribution in [0.2, 0.25) is 0 Å². The molecule has 0 bridgehead atoms. The molecule has 64 valence electrons. The molecule has 1 aliphatic heterocycles. The first-order chi connectivity index (χ1) is 6.95. The fourth-order valence-corrected chi connectivity index (χ4v) is 1.76. The second-order valence-corrected chi connectivity index (χ2v) is 3.29. The number of hydrogen-bond acceptors (Lipinski definition) is 1. The molecule has 0 aromatic heterocycles. The molecule has 1 aliphatic rings. The number of aliphatic imine (C=N–C) groups is 1. The van der Waals surface area contributed by atoms with Gasteiger partial charge < -0.3 is 0 Å². The predicted molar refractivity (Wildman–Crippen MR) is 59.8 cm³/mol. The largest absolute Gasteiger partial charge is 0.203 e. The van der Waals surface area contributed by atoms with Crippen molar-refractivity contribution in [2.24, 2.45) is 4.99 Å². The molecule has 1 nitrogen and oxygen atoms in total. The molecule has 0 aliphatic carbocycles. The molecule has 0 amide bonds. The van der Waals surface area contributed by atoms with Crippen LogP contribution in [0.5, 0.6) is 0 Å². The van der Waals surface area contributed by atoms with Crippen molar-refractivity contribution in [1.29, 1.82) is 0 Å². The second-order valence-electron chi connectivity index (χ2n) is 3.29. The number of fused-ring (bicyclic) bond motifs is 3. The Bertz CT molecular complexity index is 550. The van der Waals surface area contributed by atoms with Crippen LogP contribution in [0, 0.1) is 6.08 Å². The Kier molecular flexibility index (Phi) is 1.46. The van der Waals surface area contributed by atoms with Crippen molar-refractivity contribution in [1.82, 2.24) is 0 Å². The van der Waals surface area contributed by atoms with Gasteiger partial charge in [0.1, 0.15) is 11.6 Å². The molecule has 1 heterocycles. The number of benzene rings is 2. The zero-order valence-corrected chi connectivity index (χ0v) is 7.57. The summed E-state index contributed by atoms with van der Waals surface area (Å²) in [6.07, 6.45) is 6.67. The lowest BCUT2D eigenvalue weighted by Crippen LogP contribution is -1.83. The molecule has 2 aromatic rings. The van der Waals surface area contributed by atoms with E-state index in [2.05, 4.69) is 35.3 Å². The summed E-state index contributed by atoms with van der Waals surface area (Å²) in [5.74, 6) is 0. The third kappa shape index (κ3) is 0.968.